The lowest BCUT2D eigenvalue weighted by Gasteiger charge is -2.09. The minimum atomic E-state index is -0.0980. The van der Waals surface area contributed by atoms with Gasteiger partial charge in [-0.15, -0.1) is 11.8 Å². The van der Waals surface area contributed by atoms with Crippen LogP contribution < -0.4 is 5.32 Å². The summed E-state index contributed by atoms with van der Waals surface area (Å²) in [4.78, 5) is 13.2. The maximum Gasteiger partial charge on any atom is 0.234 e. The number of carbonyl (C=O) groups is 1. The van der Waals surface area contributed by atoms with Gasteiger partial charge in [0, 0.05) is 21.0 Å². The summed E-state index contributed by atoms with van der Waals surface area (Å²) in [6, 6.07) is 18.9. The Hall–Kier alpha value is -2.01. The third kappa shape index (κ3) is 3.90. The third-order valence-corrected chi connectivity index (χ3v) is 4.94. The Balaban J connectivity index is 1.70. The Bertz CT molecular complexity index is 877. The molecular weight excluding hydrogens is 342 g/mol. The van der Waals surface area contributed by atoms with Crippen LogP contribution in [-0.2, 0) is 11.4 Å². The van der Waals surface area contributed by atoms with E-state index in [1.54, 1.807) is 18.2 Å². The van der Waals surface area contributed by atoms with Crippen molar-refractivity contribution in [3.8, 4) is 0 Å². The van der Waals surface area contributed by atoms with Gasteiger partial charge < -0.3 is 10.4 Å². The molecule has 0 unspecified atom stereocenters. The average Bonchev–Trinajstić information content (AvgIpc) is 2.60. The van der Waals surface area contributed by atoms with Crippen molar-refractivity contribution in [2.45, 2.75) is 11.5 Å². The summed E-state index contributed by atoms with van der Waals surface area (Å²) in [5, 5.41) is 14.7. The molecule has 0 saturated heterocycles. The summed E-state index contributed by atoms with van der Waals surface area (Å²) in [6.07, 6.45) is 0. The zero-order chi connectivity index (χ0) is 16.9. The van der Waals surface area contributed by atoms with E-state index in [4.69, 9.17) is 16.7 Å². The van der Waals surface area contributed by atoms with Gasteiger partial charge in [-0.3, -0.25) is 4.79 Å². The van der Waals surface area contributed by atoms with Crippen LogP contribution in [0.15, 0.2) is 65.6 Å². The topological polar surface area (TPSA) is 49.3 Å². The summed E-state index contributed by atoms with van der Waals surface area (Å²) in [6.45, 7) is -0.0486. The van der Waals surface area contributed by atoms with Gasteiger partial charge in [-0.05, 0) is 35.2 Å². The average molecular weight is 358 g/mol. The summed E-state index contributed by atoms with van der Waals surface area (Å²) < 4.78 is 0. The lowest BCUT2D eigenvalue weighted by atomic mass is 10.1. The van der Waals surface area contributed by atoms with Crippen LogP contribution in [0.3, 0.4) is 0 Å². The molecule has 0 atom stereocenters. The van der Waals surface area contributed by atoms with Gasteiger partial charge in [0.25, 0.3) is 0 Å². The molecule has 3 aromatic rings. The summed E-state index contributed by atoms with van der Waals surface area (Å²) in [5.41, 5.74) is 1.45. The molecule has 3 aromatic carbocycles. The molecule has 0 fully saturated rings. The van der Waals surface area contributed by atoms with Crippen molar-refractivity contribution < 1.29 is 9.90 Å². The van der Waals surface area contributed by atoms with Crippen molar-refractivity contribution in [2.75, 3.05) is 11.1 Å². The normalized spacial score (nSPS) is 10.8. The van der Waals surface area contributed by atoms with Crippen LogP contribution in [0.5, 0.6) is 0 Å². The van der Waals surface area contributed by atoms with Gasteiger partial charge in [-0.2, -0.15) is 0 Å². The molecule has 0 bridgehead atoms. The van der Waals surface area contributed by atoms with Crippen LogP contribution in [0, 0.1) is 0 Å². The van der Waals surface area contributed by atoms with Crippen LogP contribution >= 0.6 is 23.4 Å². The van der Waals surface area contributed by atoms with Gasteiger partial charge in [-0.1, -0.05) is 48.0 Å². The molecule has 0 aliphatic heterocycles. The highest BCUT2D eigenvalue weighted by Crippen LogP contribution is 2.33. The molecule has 122 valence electrons. The zero-order valence-corrected chi connectivity index (χ0v) is 14.4. The SMILES string of the molecule is O=C(CSc1cccc2cccc(Cl)c12)Nc1cccc(CO)c1. The molecule has 24 heavy (non-hydrogen) atoms. The fraction of sp³-hybridized carbons (Fsp3) is 0.105. The number of nitrogens with one attached hydrogen (secondary N) is 1. The molecule has 0 heterocycles. The van der Waals surface area contributed by atoms with Crippen LogP contribution in [0.25, 0.3) is 10.8 Å². The number of hydrogen-bond acceptors (Lipinski definition) is 3. The van der Waals surface area contributed by atoms with Gasteiger partial charge in [0.2, 0.25) is 5.91 Å². The number of fused-ring (bicyclic) bond motifs is 1. The highest BCUT2D eigenvalue weighted by Gasteiger charge is 2.09. The van der Waals surface area contributed by atoms with Gasteiger partial charge >= 0.3 is 0 Å². The number of carbonyl (C=O) groups excluding carboxylic acids is 1. The second-order valence-electron chi connectivity index (χ2n) is 5.29. The molecule has 0 aromatic heterocycles. The zero-order valence-electron chi connectivity index (χ0n) is 12.8. The van der Waals surface area contributed by atoms with Crippen LogP contribution in [0.1, 0.15) is 5.56 Å². The van der Waals surface area contributed by atoms with E-state index >= 15 is 0 Å². The fourth-order valence-corrected chi connectivity index (χ4v) is 3.72. The van der Waals surface area contributed by atoms with E-state index in [-0.39, 0.29) is 18.3 Å². The van der Waals surface area contributed by atoms with Crippen molar-refractivity contribution in [3.63, 3.8) is 0 Å². The first-order chi connectivity index (χ1) is 11.7. The summed E-state index contributed by atoms with van der Waals surface area (Å²) >= 11 is 7.76. The Kier molecular flexibility index (Phi) is 5.41. The summed E-state index contributed by atoms with van der Waals surface area (Å²) in [5.74, 6) is 0.187. The van der Waals surface area contributed by atoms with Crippen molar-refractivity contribution in [1.82, 2.24) is 0 Å². The lowest BCUT2D eigenvalue weighted by molar-refractivity contribution is -0.113. The van der Waals surface area contributed by atoms with Crippen molar-refractivity contribution >= 4 is 45.7 Å². The molecule has 5 heteroatoms. The predicted molar refractivity (Wildman–Crippen MR) is 101 cm³/mol. The lowest BCUT2D eigenvalue weighted by Crippen LogP contribution is -2.14. The smallest absolute Gasteiger partial charge is 0.234 e. The molecule has 0 saturated carbocycles. The first kappa shape index (κ1) is 16.8. The first-order valence-electron chi connectivity index (χ1n) is 7.47. The maximum atomic E-state index is 12.2. The van der Waals surface area contributed by atoms with Gasteiger partial charge in [0.15, 0.2) is 0 Å². The Morgan fingerprint density at radius 2 is 1.83 bits per heavy atom. The van der Waals surface area contributed by atoms with Crippen LogP contribution in [0.4, 0.5) is 5.69 Å². The van der Waals surface area contributed by atoms with Crippen LogP contribution in [0.2, 0.25) is 5.02 Å². The predicted octanol–water partition coefficient (Wildman–Crippen LogP) is 4.72. The number of rotatable bonds is 5. The second kappa shape index (κ2) is 7.71. The Labute approximate surface area is 149 Å². The van der Waals surface area contributed by atoms with Crippen molar-refractivity contribution in [1.29, 1.82) is 0 Å². The minimum Gasteiger partial charge on any atom is -0.392 e. The van der Waals surface area contributed by atoms with E-state index in [1.165, 1.54) is 11.8 Å². The Morgan fingerprint density at radius 3 is 2.62 bits per heavy atom. The quantitative estimate of drug-likeness (QED) is 0.650. The molecule has 3 rings (SSSR count). The Morgan fingerprint density at radius 1 is 1.08 bits per heavy atom. The monoisotopic (exact) mass is 357 g/mol. The third-order valence-electron chi connectivity index (χ3n) is 3.57. The van der Waals surface area contributed by atoms with E-state index in [1.807, 2.05) is 42.5 Å². The van der Waals surface area contributed by atoms with E-state index < -0.39 is 0 Å². The standard InChI is InChI=1S/C19H16ClNO2S/c20-16-8-2-5-14-6-3-9-17(19(14)16)24-12-18(23)21-15-7-1-4-13(10-15)11-22/h1-10,22H,11-12H2,(H,21,23). The molecule has 0 radical (unpaired) electrons. The van der Waals surface area contributed by atoms with Gasteiger partial charge in [0.05, 0.1) is 12.4 Å². The van der Waals surface area contributed by atoms with E-state index in [2.05, 4.69) is 5.32 Å². The minimum absolute atomic E-state index is 0.0486. The van der Waals surface area contributed by atoms with E-state index in [0.29, 0.717) is 10.7 Å². The summed E-state index contributed by atoms with van der Waals surface area (Å²) in [7, 11) is 0. The van der Waals surface area contributed by atoms with E-state index in [0.717, 1.165) is 21.2 Å². The molecule has 1 amide bonds. The number of benzene rings is 3. The first-order valence-corrected chi connectivity index (χ1v) is 8.83. The van der Waals surface area contributed by atoms with Crippen molar-refractivity contribution in [2.24, 2.45) is 0 Å². The van der Waals surface area contributed by atoms with Crippen molar-refractivity contribution in [3.05, 3.63) is 71.2 Å². The van der Waals surface area contributed by atoms with Gasteiger partial charge in [0.1, 0.15) is 0 Å². The largest absolute Gasteiger partial charge is 0.392 e. The molecular formula is C19H16ClNO2S. The molecule has 0 spiro atoms. The number of anilines is 1. The number of amides is 1. The number of aliphatic hydroxyl groups is 1. The molecule has 2 N–H and O–H groups in total. The number of halogens is 1. The molecule has 3 nitrogen and oxygen atoms in total. The van der Waals surface area contributed by atoms with Gasteiger partial charge in [-0.25, -0.2) is 0 Å². The number of hydrogen-bond donors (Lipinski definition) is 2. The molecule has 0 aliphatic rings. The maximum absolute atomic E-state index is 12.2. The fourth-order valence-electron chi connectivity index (χ4n) is 2.47. The molecule has 0 aliphatic carbocycles. The highest BCUT2D eigenvalue weighted by atomic mass is 35.5. The highest BCUT2D eigenvalue weighted by molar-refractivity contribution is 8.00. The second-order valence-corrected chi connectivity index (χ2v) is 6.71. The van der Waals surface area contributed by atoms with E-state index in [9.17, 15) is 4.79 Å². The number of thioether (sulfide) groups is 1. The van der Waals surface area contributed by atoms with Crippen LogP contribution in [-0.4, -0.2) is 16.8 Å². The number of aliphatic hydroxyl groups excluding tert-OH is 1.